The normalized spacial score (nSPS) is 28.5. The predicted octanol–water partition coefficient (Wildman–Crippen LogP) is 3.25. The molecule has 0 radical (unpaired) electrons. The molecule has 2 rings (SSSR count). The molecule has 0 amide bonds. The van der Waals surface area contributed by atoms with Gasteiger partial charge in [-0.2, -0.15) is 0 Å². The minimum atomic E-state index is 0.807. The molecule has 0 N–H and O–H groups in total. The average Bonchev–Trinajstić information content (AvgIpc) is 2.85. The summed E-state index contributed by atoms with van der Waals surface area (Å²) in [6.07, 6.45) is 1.31. The van der Waals surface area contributed by atoms with Gasteiger partial charge in [-0.1, -0.05) is 37.3 Å². The summed E-state index contributed by atoms with van der Waals surface area (Å²) < 4.78 is 0. The van der Waals surface area contributed by atoms with E-state index in [9.17, 15) is 0 Å². The molecule has 2 atom stereocenters. The zero-order valence-corrected chi connectivity index (χ0v) is 7.47. The maximum absolute atomic E-state index is 2.26. The Bertz CT molecular complexity index is 230. The van der Waals surface area contributed by atoms with Crippen LogP contribution in [0.5, 0.6) is 0 Å². The van der Waals surface area contributed by atoms with Crippen LogP contribution in [0.1, 0.15) is 24.2 Å². The van der Waals surface area contributed by atoms with Gasteiger partial charge in [0, 0.05) is 10.5 Å². The molecule has 11 heavy (non-hydrogen) atoms. The average molecular weight is 164 g/mol. The van der Waals surface area contributed by atoms with Crippen molar-refractivity contribution >= 4 is 11.8 Å². The van der Waals surface area contributed by atoms with Crippen molar-refractivity contribution in [1.82, 2.24) is 0 Å². The molecule has 1 heterocycles. The lowest BCUT2D eigenvalue weighted by Gasteiger charge is -1.94. The molecule has 0 spiro atoms. The highest BCUT2D eigenvalue weighted by Gasteiger charge is 2.37. The molecule has 0 nitrogen and oxygen atoms in total. The van der Waals surface area contributed by atoms with Gasteiger partial charge < -0.3 is 0 Å². The second-order valence-corrected chi connectivity index (χ2v) is 4.30. The fraction of sp³-hybridized carbons (Fsp3) is 0.400. The molecule has 58 valence electrons. The molecular weight excluding hydrogens is 152 g/mol. The van der Waals surface area contributed by atoms with Gasteiger partial charge in [0.15, 0.2) is 0 Å². The van der Waals surface area contributed by atoms with Gasteiger partial charge in [-0.05, 0) is 12.0 Å². The van der Waals surface area contributed by atoms with Crippen LogP contribution in [0.25, 0.3) is 0 Å². The van der Waals surface area contributed by atoms with Crippen LogP contribution in [0.15, 0.2) is 30.3 Å². The Labute approximate surface area is 72.0 Å². The standard InChI is InChI=1S/C10H12S/c1-2-9-10(11-9)8-6-4-3-5-7-8/h3-7,9-10H,2H2,1H3/t9-,10+/m0/s1. The Morgan fingerprint density at radius 3 is 2.55 bits per heavy atom. The van der Waals surface area contributed by atoms with Gasteiger partial charge >= 0.3 is 0 Å². The van der Waals surface area contributed by atoms with Crippen molar-refractivity contribution < 1.29 is 0 Å². The van der Waals surface area contributed by atoms with Gasteiger partial charge in [0.2, 0.25) is 0 Å². The third-order valence-electron chi connectivity index (χ3n) is 2.11. The highest BCUT2D eigenvalue weighted by atomic mass is 32.2. The van der Waals surface area contributed by atoms with Crippen molar-refractivity contribution in [3.05, 3.63) is 35.9 Å². The molecule has 0 unspecified atom stereocenters. The van der Waals surface area contributed by atoms with Crippen molar-refractivity contribution in [2.75, 3.05) is 0 Å². The van der Waals surface area contributed by atoms with E-state index in [0.29, 0.717) is 0 Å². The van der Waals surface area contributed by atoms with E-state index in [2.05, 4.69) is 49.0 Å². The zero-order valence-electron chi connectivity index (χ0n) is 6.66. The number of benzene rings is 1. The first kappa shape index (κ1) is 7.23. The molecular formula is C10H12S. The molecule has 1 aliphatic heterocycles. The maximum atomic E-state index is 2.26. The van der Waals surface area contributed by atoms with E-state index in [1.54, 1.807) is 0 Å². The number of rotatable bonds is 2. The Kier molecular flexibility index (Phi) is 1.91. The van der Waals surface area contributed by atoms with Gasteiger partial charge in [0.1, 0.15) is 0 Å². The first-order valence-electron chi connectivity index (χ1n) is 4.12. The molecule has 0 aliphatic carbocycles. The molecule has 0 bridgehead atoms. The summed E-state index contributed by atoms with van der Waals surface area (Å²) in [5, 5.41) is 1.71. The fourth-order valence-electron chi connectivity index (χ4n) is 1.39. The van der Waals surface area contributed by atoms with Gasteiger partial charge in [-0.3, -0.25) is 0 Å². The molecule has 1 saturated heterocycles. The van der Waals surface area contributed by atoms with E-state index in [0.717, 1.165) is 10.5 Å². The first-order valence-corrected chi connectivity index (χ1v) is 5.06. The third-order valence-corrected chi connectivity index (χ3v) is 3.65. The van der Waals surface area contributed by atoms with Gasteiger partial charge in [0.05, 0.1) is 0 Å². The summed E-state index contributed by atoms with van der Waals surface area (Å²) in [6.45, 7) is 2.26. The Hall–Kier alpha value is -0.430. The number of hydrogen-bond acceptors (Lipinski definition) is 1. The van der Waals surface area contributed by atoms with Gasteiger partial charge in [-0.15, -0.1) is 11.8 Å². The quantitative estimate of drug-likeness (QED) is 0.605. The van der Waals surface area contributed by atoms with E-state index in [4.69, 9.17) is 0 Å². The van der Waals surface area contributed by atoms with Crippen LogP contribution in [0.2, 0.25) is 0 Å². The van der Waals surface area contributed by atoms with Crippen molar-refractivity contribution in [3.63, 3.8) is 0 Å². The second-order valence-electron chi connectivity index (χ2n) is 2.91. The van der Waals surface area contributed by atoms with E-state index in [1.807, 2.05) is 0 Å². The number of thioether (sulfide) groups is 1. The second kappa shape index (κ2) is 2.90. The third kappa shape index (κ3) is 1.43. The lowest BCUT2D eigenvalue weighted by Crippen LogP contribution is -1.84. The largest absolute Gasteiger partial charge is 0.148 e. The van der Waals surface area contributed by atoms with Crippen molar-refractivity contribution in [2.45, 2.75) is 23.8 Å². The topological polar surface area (TPSA) is 0 Å². The van der Waals surface area contributed by atoms with Crippen LogP contribution in [0.4, 0.5) is 0 Å². The van der Waals surface area contributed by atoms with Crippen molar-refractivity contribution in [2.24, 2.45) is 0 Å². The van der Waals surface area contributed by atoms with E-state index in [1.165, 1.54) is 12.0 Å². The van der Waals surface area contributed by atoms with Crippen molar-refractivity contribution in [3.8, 4) is 0 Å². The lowest BCUT2D eigenvalue weighted by atomic mass is 10.1. The highest BCUT2D eigenvalue weighted by Crippen LogP contribution is 2.56. The summed E-state index contributed by atoms with van der Waals surface area (Å²) in [5.41, 5.74) is 1.50. The van der Waals surface area contributed by atoms with E-state index >= 15 is 0 Å². The molecule has 1 heteroatoms. The lowest BCUT2D eigenvalue weighted by molar-refractivity contribution is 0.887. The van der Waals surface area contributed by atoms with E-state index in [-0.39, 0.29) is 0 Å². The summed E-state index contributed by atoms with van der Waals surface area (Å²) in [7, 11) is 0. The summed E-state index contributed by atoms with van der Waals surface area (Å²) in [4.78, 5) is 0. The molecule has 0 saturated carbocycles. The van der Waals surface area contributed by atoms with Gasteiger partial charge in [0.25, 0.3) is 0 Å². The summed E-state index contributed by atoms with van der Waals surface area (Å²) in [5.74, 6) is 0. The number of hydrogen-bond donors (Lipinski definition) is 0. The van der Waals surface area contributed by atoms with E-state index < -0.39 is 0 Å². The van der Waals surface area contributed by atoms with Crippen LogP contribution in [0.3, 0.4) is 0 Å². The molecule has 1 fully saturated rings. The SMILES string of the molecule is CC[C@@H]1S[C@@H]1c1ccccc1. The molecule has 1 aromatic carbocycles. The van der Waals surface area contributed by atoms with Crippen LogP contribution in [0, 0.1) is 0 Å². The Morgan fingerprint density at radius 2 is 2.00 bits per heavy atom. The Morgan fingerprint density at radius 1 is 1.27 bits per heavy atom. The smallest absolute Gasteiger partial charge is 0.0419 e. The Balaban J connectivity index is 2.09. The molecule has 0 aromatic heterocycles. The summed E-state index contributed by atoms with van der Waals surface area (Å²) >= 11 is 2.09. The minimum Gasteiger partial charge on any atom is -0.148 e. The van der Waals surface area contributed by atoms with Crippen LogP contribution >= 0.6 is 11.8 Å². The summed E-state index contributed by atoms with van der Waals surface area (Å²) in [6, 6.07) is 10.8. The minimum absolute atomic E-state index is 0.807. The van der Waals surface area contributed by atoms with Crippen molar-refractivity contribution in [1.29, 1.82) is 0 Å². The first-order chi connectivity index (χ1) is 5.42. The molecule has 1 aliphatic rings. The highest BCUT2D eigenvalue weighted by molar-refractivity contribution is 8.07. The monoisotopic (exact) mass is 164 g/mol. The zero-order chi connectivity index (χ0) is 7.68. The van der Waals surface area contributed by atoms with Crippen LogP contribution in [-0.2, 0) is 0 Å². The maximum Gasteiger partial charge on any atom is 0.0419 e. The predicted molar refractivity (Wildman–Crippen MR) is 50.9 cm³/mol. The van der Waals surface area contributed by atoms with Gasteiger partial charge in [-0.25, -0.2) is 0 Å². The van der Waals surface area contributed by atoms with Crippen LogP contribution in [-0.4, -0.2) is 5.25 Å². The van der Waals surface area contributed by atoms with Crippen LogP contribution < -0.4 is 0 Å². The fourth-order valence-corrected chi connectivity index (χ4v) is 2.53. The molecule has 1 aromatic rings.